The van der Waals surface area contributed by atoms with Crippen molar-refractivity contribution in [1.82, 2.24) is 9.97 Å². The molecule has 2 aliphatic heterocycles. The van der Waals surface area contributed by atoms with Crippen LogP contribution in [-0.2, 0) is 20.7 Å². The van der Waals surface area contributed by atoms with Gasteiger partial charge in [0, 0.05) is 30.6 Å². The van der Waals surface area contributed by atoms with E-state index in [4.69, 9.17) is 19.2 Å². The number of allylic oxidation sites excluding steroid dienone is 3. The molecular formula is C34H35N3O5. The van der Waals surface area contributed by atoms with E-state index in [1.165, 1.54) is 5.57 Å². The van der Waals surface area contributed by atoms with Gasteiger partial charge in [-0.3, -0.25) is 9.79 Å². The Balaban J connectivity index is 1.47. The van der Waals surface area contributed by atoms with Gasteiger partial charge >= 0.3 is 12.0 Å². The third kappa shape index (κ3) is 5.46. The molecule has 2 unspecified atom stereocenters. The molecule has 1 N–H and O–H groups in total. The summed E-state index contributed by atoms with van der Waals surface area (Å²) >= 11 is 0. The fraction of sp³-hybridized carbons (Fsp3) is 0.353. The molecule has 1 fully saturated rings. The summed E-state index contributed by atoms with van der Waals surface area (Å²) in [7, 11) is 0. The summed E-state index contributed by atoms with van der Waals surface area (Å²) in [4.78, 5) is 26.7. The molecule has 1 aromatic heterocycles. The van der Waals surface area contributed by atoms with Crippen molar-refractivity contribution in [3.63, 3.8) is 0 Å². The Morgan fingerprint density at radius 3 is 2.69 bits per heavy atom. The summed E-state index contributed by atoms with van der Waals surface area (Å²) in [6, 6.07) is 8.60. The van der Waals surface area contributed by atoms with Crippen molar-refractivity contribution in [2.45, 2.75) is 52.2 Å². The standard InChI is InChI=1S/C34H35N3O5/c1-5-40-33-36-17-24(18-37-33)22-6-7-25-23(15-22)14-20(2)27(16-29(38)42-19-34(3,4)39)31(25)26-8-9-28-30-21(11-13-41-28)10-12-35-32(26)30/h6-10,12,14-15,17-18,30,32,39H,5,11,13,16,19H2,1-4H3. The number of aliphatic imine (C=N–C) groups is 1. The van der Waals surface area contributed by atoms with Gasteiger partial charge in [0.05, 0.1) is 37.2 Å². The van der Waals surface area contributed by atoms with Crippen LogP contribution in [-0.4, -0.2) is 58.7 Å². The summed E-state index contributed by atoms with van der Waals surface area (Å²) in [6.45, 7) is 8.27. The Hall–Kier alpha value is -4.30. The number of aliphatic hydroxyl groups is 1. The lowest BCUT2D eigenvalue weighted by atomic mass is 9.74. The molecule has 0 radical (unpaired) electrons. The zero-order chi connectivity index (χ0) is 29.4. The molecule has 0 bridgehead atoms. The number of hydrogen-bond acceptors (Lipinski definition) is 8. The number of hydrogen-bond donors (Lipinski definition) is 1. The van der Waals surface area contributed by atoms with Gasteiger partial charge in [-0.05, 0) is 84.5 Å². The number of carbonyl (C=O) groups is 1. The maximum Gasteiger partial charge on any atom is 0.316 e. The molecule has 1 aliphatic carbocycles. The molecule has 3 aliphatic rings. The maximum atomic E-state index is 13.1. The van der Waals surface area contributed by atoms with Gasteiger partial charge in [0.1, 0.15) is 12.4 Å². The lowest BCUT2D eigenvalue weighted by Crippen LogP contribution is -2.34. The molecule has 0 saturated carbocycles. The van der Waals surface area contributed by atoms with Crippen molar-refractivity contribution in [2.24, 2.45) is 10.9 Å². The van der Waals surface area contributed by atoms with Crippen molar-refractivity contribution in [2.75, 3.05) is 19.8 Å². The first-order valence-corrected chi connectivity index (χ1v) is 14.4. The van der Waals surface area contributed by atoms with Crippen molar-refractivity contribution >= 4 is 28.5 Å². The monoisotopic (exact) mass is 565 g/mol. The minimum Gasteiger partial charge on any atom is -0.497 e. The molecule has 0 spiro atoms. The number of esters is 1. The van der Waals surface area contributed by atoms with Gasteiger partial charge in [-0.25, -0.2) is 9.97 Å². The summed E-state index contributed by atoms with van der Waals surface area (Å²) in [5, 5.41) is 12.2. The van der Waals surface area contributed by atoms with E-state index in [1.807, 2.05) is 20.1 Å². The Kier molecular flexibility index (Phi) is 7.41. The predicted molar refractivity (Wildman–Crippen MR) is 162 cm³/mol. The van der Waals surface area contributed by atoms with E-state index >= 15 is 0 Å². The van der Waals surface area contributed by atoms with Crippen LogP contribution in [0.2, 0.25) is 0 Å². The Labute approximate surface area is 245 Å². The first kappa shape index (κ1) is 27.8. The van der Waals surface area contributed by atoms with Gasteiger partial charge < -0.3 is 19.3 Å². The normalized spacial score (nSPS) is 19.3. The minimum atomic E-state index is -1.11. The molecule has 3 heterocycles. The van der Waals surface area contributed by atoms with Crippen LogP contribution in [0.1, 0.15) is 43.9 Å². The van der Waals surface area contributed by atoms with Crippen molar-refractivity contribution < 1.29 is 24.1 Å². The van der Waals surface area contributed by atoms with Crippen LogP contribution in [0.25, 0.3) is 27.5 Å². The summed E-state index contributed by atoms with van der Waals surface area (Å²) in [5.74, 6) is 0.610. The minimum absolute atomic E-state index is 0.0505. The number of rotatable bonds is 8. The second kappa shape index (κ2) is 11.2. The smallest absolute Gasteiger partial charge is 0.316 e. The summed E-state index contributed by atoms with van der Waals surface area (Å²) in [6.07, 6.45) is 12.6. The quantitative estimate of drug-likeness (QED) is 0.357. The third-order valence-electron chi connectivity index (χ3n) is 7.86. The van der Waals surface area contributed by atoms with Crippen LogP contribution in [0.5, 0.6) is 6.01 Å². The number of aryl methyl sites for hydroxylation is 1. The van der Waals surface area contributed by atoms with Gasteiger partial charge in [0.15, 0.2) is 0 Å². The van der Waals surface area contributed by atoms with Gasteiger partial charge in [-0.1, -0.05) is 29.8 Å². The lowest BCUT2D eigenvalue weighted by Gasteiger charge is -2.38. The van der Waals surface area contributed by atoms with E-state index in [2.05, 4.69) is 52.5 Å². The SMILES string of the molecule is CCOc1ncc(-c2ccc3c(C4=CC=C5OCCC6=CC=NC4C65)c(CC(=O)OCC(C)(C)O)c(C)cc3c2)cn1. The van der Waals surface area contributed by atoms with Gasteiger partial charge in [-0.15, -0.1) is 0 Å². The molecule has 42 heavy (non-hydrogen) atoms. The van der Waals surface area contributed by atoms with Crippen LogP contribution in [0.3, 0.4) is 0 Å². The highest BCUT2D eigenvalue weighted by atomic mass is 16.5. The average molecular weight is 566 g/mol. The van der Waals surface area contributed by atoms with Crippen molar-refractivity contribution in [1.29, 1.82) is 0 Å². The highest BCUT2D eigenvalue weighted by Gasteiger charge is 2.39. The third-order valence-corrected chi connectivity index (χ3v) is 7.86. The van der Waals surface area contributed by atoms with Crippen LogP contribution in [0, 0.1) is 12.8 Å². The molecule has 1 saturated heterocycles. The molecule has 8 heteroatoms. The fourth-order valence-electron chi connectivity index (χ4n) is 5.94. The van der Waals surface area contributed by atoms with E-state index < -0.39 is 5.60 Å². The number of ether oxygens (including phenoxy) is 3. The largest absolute Gasteiger partial charge is 0.497 e. The van der Waals surface area contributed by atoms with E-state index in [0.717, 1.165) is 56.3 Å². The highest BCUT2D eigenvalue weighted by molar-refractivity contribution is 6.01. The van der Waals surface area contributed by atoms with Crippen LogP contribution >= 0.6 is 0 Å². The Bertz CT molecular complexity index is 1660. The number of carbonyl (C=O) groups excluding carboxylic acids is 1. The lowest BCUT2D eigenvalue weighted by molar-refractivity contribution is -0.149. The molecular weight excluding hydrogens is 530 g/mol. The molecule has 8 nitrogen and oxygen atoms in total. The zero-order valence-corrected chi connectivity index (χ0v) is 24.4. The van der Waals surface area contributed by atoms with Crippen LogP contribution in [0.4, 0.5) is 0 Å². The first-order chi connectivity index (χ1) is 20.2. The Morgan fingerprint density at radius 2 is 1.93 bits per heavy atom. The molecule has 6 rings (SSSR count). The van der Waals surface area contributed by atoms with Gasteiger partial charge in [-0.2, -0.15) is 0 Å². The van der Waals surface area contributed by atoms with Gasteiger partial charge in [0.25, 0.3) is 0 Å². The maximum absolute atomic E-state index is 13.1. The molecule has 2 atom stereocenters. The van der Waals surface area contributed by atoms with E-state index in [-0.39, 0.29) is 31.0 Å². The predicted octanol–water partition coefficient (Wildman–Crippen LogP) is 5.56. The zero-order valence-electron chi connectivity index (χ0n) is 24.4. The number of nitrogens with zero attached hydrogens (tertiary/aromatic N) is 3. The second-order valence-electron chi connectivity index (χ2n) is 11.6. The van der Waals surface area contributed by atoms with Crippen molar-refractivity contribution in [3.05, 3.63) is 82.9 Å². The number of benzene rings is 2. The number of dihydropyridines is 1. The fourth-order valence-corrected chi connectivity index (χ4v) is 5.94. The summed E-state index contributed by atoms with van der Waals surface area (Å²) < 4.78 is 16.9. The van der Waals surface area contributed by atoms with E-state index in [1.54, 1.807) is 26.2 Å². The van der Waals surface area contributed by atoms with E-state index in [9.17, 15) is 9.90 Å². The number of aromatic nitrogens is 2. The van der Waals surface area contributed by atoms with Crippen LogP contribution in [0.15, 0.2) is 71.2 Å². The Morgan fingerprint density at radius 1 is 1.12 bits per heavy atom. The topological polar surface area (TPSA) is 103 Å². The number of fused-ring (bicyclic) bond motifs is 1. The second-order valence-corrected chi connectivity index (χ2v) is 11.6. The van der Waals surface area contributed by atoms with Crippen molar-refractivity contribution in [3.8, 4) is 17.1 Å². The van der Waals surface area contributed by atoms with Gasteiger partial charge in [0.2, 0.25) is 0 Å². The molecule has 0 amide bonds. The molecule has 3 aromatic rings. The molecule has 2 aromatic carbocycles. The average Bonchev–Trinajstić information content (AvgIpc) is 2.97. The first-order valence-electron chi connectivity index (χ1n) is 14.4. The molecule has 216 valence electrons. The summed E-state index contributed by atoms with van der Waals surface area (Å²) in [5.41, 5.74) is 5.99. The van der Waals surface area contributed by atoms with Crippen LogP contribution < -0.4 is 4.74 Å². The van der Waals surface area contributed by atoms with E-state index in [0.29, 0.717) is 19.2 Å². The highest BCUT2D eigenvalue weighted by Crippen LogP contribution is 2.46.